The molecule has 4 rings (SSSR count). The molecule has 0 aromatic heterocycles. The summed E-state index contributed by atoms with van der Waals surface area (Å²) in [7, 11) is 0. The Labute approximate surface area is 124 Å². The highest BCUT2D eigenvalue weighted by atomic mass is 16.5. The second-order valence-corrected chi connectivity index (χ2v) is 6.54. The molecule has 21 heavy (non-hydrogen) atoms. The van der Waals surface area contributed by atoms with Crippen LogP contribution in [0.2, 0.25) is 0 Å². The van der Waals surface area contributed by atoms with Crippen LogP contribution in [0.5, 0.6) is 11.5 Å². The topological polar surface area (TPSA) is 51.1 Å². The minimum Gasteiger partial charge on any atom is -0.490 e. The Kier molecular flexibility index (Phi) is 3.05. The van der Waals surface area contributed by atoms with Crippen LogP contribution in [0.3, 0.4) is 0 Å². The third kappa shape index (κ3) is 2.27. The summed E-state index contributed by atoms with van der Waals surface area (Å²) in [6, 6.07) is 5.89. The molecule has 0 radical (unpaired) electrons. The lowest BCUT2D eigenvalue weighted by molar-refractivity contribution is -0.00570. The maximum Gasteiger partial charge on any atom is 0.133 e. The van der Waals surface area contributed by atoms with E-state index in [1.165, 1.54) is 19.3 Å². The molecule has 2 aliphatic carbocycles. The molecule has 1 spiro atoms. The van der Waals surface area contributed by atoms with Crippen LogP contribution in [0.1, 0.15) is 56.9 Å². The molecule has 4 heteroatoms. The first-order valence-corrected chi connectivity index (χ1v) is 7.99. The van der Waals surface area contributed by atoms with Gasteiger partial charge in [0.1, 0.15) is 17.1 Å². The average molecular weight is 287 g/mol. The van der Waals surface area contributed by atoms with Crippen LogP contribution in [-0.4, -0.2) is 22.6 Å². The quantitative estimate of drug-likeness (QED) is 0.663. The summed E-state index contributed by atoms with van der Waals surface area (Å²) in [6.07, 6.45) is 9.13. The van der Waals surface area contributed by atoms with Gasteiger partial charge < -0.3 is 14.7 Å². The van der Waals surface area contributed by atoms with Crippen molar-refractivity contribution in [2.24, 2.45) is 5.16 Å². The van der Waals surface area contributed by atoms with Gasteiger partial charge in [0.2, 0.25) is 0 Å². The number of oxime groups is 1. The SMILES string of the molecule is O/N=C1/CC2(CCC2)Oc2cc(OC3CCCC3)ccc21. The standard InChI is InChI=1S/C17H21NO3/c19-18-15-11-17(8-3-9-17)21-16-10-13(6-7-14(15)16)20-12-4-1-2-5-12/h6-7,10,12,19H,1-5,8-9,11H2/b18-15-. The summed E-state index contributed by atoms with van der Waals surface area (Å²) in [6.45, 7) is 0. The summed E-state index contributed by atoms with van der Waals surface area (Å²) in [5, 5.41) is 12.8. The van der Waals surface area contributed by atoms with E-state index in [-0.39, 0.29) is 5.60 Å². The monoisotopic (exact) mass is 287 g/mol. The van der Waals surface area contributed by atoms with Crippen molar-refractivity contribution in [1.29, 1.82) is 0 Å². The predicted molar refractivity (Wildman–Crippen MR) is 79.5 cm³/mol. The highest BCUT2D eigenvalue weighted by molar-refractivity contribution is 6.04. The van der Waals surface area contributed by atoms with Gasteiger partial charge in [-0.25, -0.2) is 0 Å². The highest BCUT2D eigenvalue weighted by Crippen LogP contribution is 2.46. The van der Waals surface area contributed by atoms with E-state index < -0.39 is 0 Å². The third-order valence-electron chi connectivity index (χ3n) is 5.07. The molecule has 4 nitrogen and oxygen atoms in total. The van der Waals surface area contributed by atoms with E-state index in [0.29, 0.717) is 12.5 Å². The molecule has 0 atom stereocenters. The van der Waals surface area contributed by atoms with E-state index in [9.17, 15) is 5.21 Å². The number of hydrogen-bond acceptors (Lipinski definition) is 4. The zero-order valence-corrected chi connectivity index (χ0v) is 12.2. The number of ether oxygens (including phenoxy) is 2. The van der Waals surface area contributed by atoms with E-state index in [2.05, 4.69) is 5.16 Å². The zero-order valence-electron chi connectivity index (χ0n) is 12.2. The van der Waals surface area contributed by atoms with Crippen LogP contribution >= 0.6 is 0 Å². The molecule has 1 aromatic rings. The van der Waals surface area contributed by atoms with Crippen LogP contribution in [-0.2, 0) is 0 Å². The van der Waals surface area contributed by atoms with Crippen LogP contribution < -0.4 is 9.47 Å². The van der Waals surface area contributed by atoms with Crippen LogP contribution in [0.25, 0.3) is 0 Å². The van der Waals surface area contributed by atoms with Gasteiger partial charge in [0, 0.05) is 18.1 Å². The Bertz CT molecular complexity index is 571. The fourth-order valence-electron chi connectivity index (χ4n) is 3.71. The van der Waals surface area contributed by atoms with Crippen molar-refractivity contribution < 1.29 is 14.7 Å². The normalized spacial score (nSPS) is 25.4. The van der Waals surface area contributed by atoms with Gasteiger partial charge in [0.15, 0.2) is 0 Å². The van der Waals surface area contributed by atoms with Crippen LogP contribution in [0, 0.1) is 0 Å². The minimum atomic E-state index is -0.138. The van der Waals surface area contributed by atoms with Crippen molar-refractivity contribution >= 4 is 5.71 Å². The van der Waals surface area contributed by atoms with E-state index in [0.717, 1.165) is 48.5 Å². The first kappa shape index (κ1) is 13.0. The van der Waals surface area contributed by atoms with Gasteiger partial charge in [-0.15, -0.1) is 0 Å². The number of benzene rings is 1. The Morgan fingerprint density at radius 2 is 2.00 bits per heavy atom. The van der Waals surface area contributed by atoms with Crippen molar-refractivity contribution in [1.82, 2.24) is 0 Å². The summed E-state index contributed by atoms with van der Waals surface area (Å²) in [5.74, 6) is 1.68. The molecule has 1 aliphatic heterocycles. The smallest absolute Gasteiger partial charge is 0.133 e. The van der Waals surface area contributed by atoms with Gasteiger partial charge >= 0.3 is 0 Å². The Morgan fingerprint density at radius 1 is 1.19 bits per heavy atom. The first-order chi connectivity index (χ1) is 10.3. The third-order valence-corrected chi connectivity index (χ3v) is 5.07. The van der Waals surface area contributed by atoms with Crippen molar-refractivity contribution in [3.63, 3.8) is 0 Å². The van der Waals surface area contributed by atoms with Gasteiger partial charge in [0.05, 0.1) is 11.8 Å². The maximum atomic E-state index is 9.29. The molecular weight excluding hydrogens is 266 g/mol. The second kappa shape index (κ2) is 4.93. The highest BCUT2D eigenvalue weighted by Gasteiger charge is 2.44. The van der Waals surface area contributed by atoms with Gasteiger partial charge in [0.25, 0.3) is 0 Å². The largest absolute Gasteiger partial charge is 0.490 e. The van der Waals surface area contributed by atoms with Gasteiger partial charge in [-0.3, -0.25) is 0 Å². The fourth-order valence-corrected chi connectivity index (χ4v) is 3.71. The summed E-state index contributed by atoms with van der Waals surface area (Å²) in [5.41, 5.74) is 1.50. The Balaban J connectivity index is 1.62. The molecule has 3 aliphatic rings. The maximum absolute atomic E-state index is 9.29. The number of hydrogen-bond donors (Lipinski definition) is 1. The Morgan fingerprint density at radius 3 is 2.67 bits per heavy atom. The molecule has 112 valence electrons. The lowest BCUT2D eigenvalue weighted by atomic mass is 9.74. The van der Waals surface area contributed by atoms with E-state index in [4.69, 9.17) is 9.47 Å². The van der Waals surface area contributed by atoms with Crippen molar-refractivity contribution in [2.75, 3.05) is 0 Å². The zero-order chi connectivity index (χ0) is 14.3. The molecule has 1 aromatic carbocycles. The van der Waals surface area contributed by atoms with Crippen molar-refractivity contribution in [3.05, 3.63) is 23.8 Å². The molecule has 0 bridgehead atoms. The van der Waals surface area contributed by atoms with E-state index in [1.54, 1.807) is 0 Å². The molecule has 1 heterocycles. The molecule has 2 saturated carbocycles. The lowest BCUT2D eigenvalue weighted by Crippen LogP contribution is -2.47. The van der Waals surface area contributed by atoms with Gasteiger partial charge in [-0.2, -0.15) is 0 Å². The molecular formula is C17H21NO3. The Hall–Kier alpha value is -1.71. The predicted octanol–water partition coefficient (Wildman–Crippen LogP) is 3.89. The second-order valence-electron chi connectivity index (χ2n) is 6.54. The number of rotatable bonds is 2. The summed E-state index contributed by atoms with van der Waals surface area (Å²) >= 11 is 0. The van der Waals surface area contributed by atoms with Crippen LogP contribution in [0.4, 0.5) is 0 Å². The summed E-state index contributed by atoms with van der Waals surface area (Å²) in [4.78, 5) is 0. The minimum absolute atomic E-state index is 0.138. The van der Waals surface area contributed by atoms with Gasteiger partial charge in [-0.05, 0) is 57.1 Å². The van der Waals surface area contributed by atoms with Crippen molar-refractivity contribution in [3.8, 4) is 11.5 Å². The lowest BCUT2D eigenvalue weighted by Gasteiger charge is -2.45. The number of fused-ring (bicyclic) bond motifs is 1. The van der Waals surface area contributed by atoms with E-state index in [1.807, 2.05) is 18.2 Å². The molecule has 0 saturated heterocycles. The van der Waals surface area contributed by atoms with Gasteiger partial charge in [-0.1, -0.05) is 5.16 Å². The first-order valence-electron chi connectivity index (χ1n) is 7.99. The molecule has 2 fully saturated rings. The van der Waals surface area contributed by atoms with Crippen LogP contribution in [0.15, 0.2) is 23.4 Å². The summed E-state index contributed by atoms with van der Waals surface area (Å²) < 4.78 is 12.3. The number of nitrogens with zero attached hydrogens (tertiary/aromatic N) is 1. The fraction of sp³-hybridized carbons (Fsp3) is 0.588. The molecule has 0 unspecified atom stereocenters. The molecule has 0 amide bonds. The average Bonchev–Trinajstić information content (AvgIpc) is 2.97. The van der Waals surface area contributed by atoms with E-state index >= 15 is 0 Å². The molecule has 1 N–H and O–H groups in total. The van der Waals surface area contributed by atoms with Crippen molar-refractivity contribution in [2.45, 2.75) is 63.1 Å².